The van der Waals surface area contributed by atoms with Crippen LogP contribution >= 0.6 is 0 Å². The first kappa shape index (κ1) is 8.47. The lowest BCUT2D eigenvalue weighted by atomic mass is 10.1. The molecule has 1 aromatic rings. The first-order valence-corrected chi connectivity index (χ1v) is 4.37. The van der Waals surface area contributed by atoms with Gasteiger partial charge in [-0.05, 0) is 5.56 Å². The molecule has 1 aromatic carbocycles. The van der Waals surface area contributed by atoms with Gasteiger partial charge in [-0.3, -0.25) is 4.79 Å². The number of carboxylic acid groups (broad SMARTS) is 1. The Kier molecular flexibility index (Phi) is 2.90. The van der Waals surface area contributed by atoms with Gasteiger partial charge in [0.1, 0.15) is 6.02 Å². The number of amides is 1. The van der Waals surface area contributed by atoms with Gasteiger partial charge in [0.15, 0.2) is 0 Å². The van der Waals surface area contributed by atoms with Gasteiger partial charge >= 0.3 is 5.97 Å². The fraction of sp³-hybridized carbons (Fsp3) is 0.273. The molecule has 1 amide bonds. The van der Waals surface area contributed by atoms with Crippen LogP contribution < -0.4 is 5.32 Å². The summed E-state index contributed by atoms with van der Waals surface area (Å²) in [6.45, 7) is 1.12. The van der Waals surface area contributed by atoms with E-state index in [9.17, 15) is 9.59 Å². The maximum Gasteiger partial charge on any atom is 0.326 e. The molecule has 4 nitrogen and oxygen atoms in total. The first-order valence-electron chi connectivity index (χ1n) is 5.45. The maximum atomic E-state index is 11.0. The van der Waals surface area contributed by atoms with Crippen molar-refractivity contribution >= 4 is 11.9 Å². The summed E-state index contributed by atoms with van der Waals surface area (Å²) in [6.07, 6.45) is -1.40. The number of nitrogens with one attached hydrogen (secondary N) is 1. The first-order chi connectivity index (χ1) is 7.88. The van der Waals surface area contributed by atoms with E-state index in [2.05, 4.69) is 0 Å². The summed E-state index contributed by atoms with van der Waals surface area (Å²) in [6, 6.07) is 5.73. The molecule has 0 radical (unpaired) electrons. The number of carboxylic acids is 1. The lowest BCUT2D eigenvalue weighted by molar-refractivity contribution is -0.141. The number of benzene rings is 1. The van der Waals surface area contributed by atoms with E-state index in [0.717, 1.165) is 6.92 Å². The standard InChI is InChI=1S/C11H13NO3/c1-8(13)12-10(11(14)15)7-9-5-3-2-4-6-9/h2-6,10H,7H2,1H3,(H,12,13)(H,14,15)/t10-/m1/s1/i7D,10D/t7-,10-. The van der Waals surface area contributed by atoms with Crippen molar-refractivity contribution in [3.63, 3.8) is 0 Å². The van der Waals surface area contributed by atoms with Crippen molar-refractivity contribution in [1.82, 2.24) is 5.32 Å². The van der Waals surface area contributed by atoms with Crippen molar-refractivity contribution in [2.75, 3.05) is 0 Å². The number of hydrogen-bond acceptors (Lipinski definition) is 2. The summed E-state index contributed by atoms with van der Waals surface area (Å²) in [7, 11) is 0. The molecule has 0 fully saturated rings. The summed E-state index contributed by atoms with van der Waals surface area (Å²) >= 11 is 0. The van der Waals surface area contributed by atoms with Gasteiger partial charge < -0.3 is 10.4 Å². The van der Waals surface area contributed by atoms with E-state index >= 15 is 0 Å². The highest BCUT2D eigenvalue weighted by molar-refractivity contribution is 5.82. The molecule has 2 N–H and O–H groups in total. The summed E-state index contributed by atoms with van der Waals surface area (Å²) in [5, 5.41) is 11.0. The molecule has 0 saturated heterocycles. The Bertz CT molecular complexity index is 424. The predicted molar refractivity (Wildman–Crippen MR) is 55.4 cm³/mol. The highest BCUT2D eigenvalue weighted by atomic mass is 16.4. The third kappa shape index (κ3) is 3.81. The fourth-order valence-corrected chi connectivity index (χ4v) is 1.06. The zero-order chi connectivity index (χ0) is 13.1. The van der Waals surface area contributed by atoms with Crippen LogP contribution in [0.4, 0.5) is 0 Å². The zero-order valence-corrected chi connectivity index (χ0v) is 8.23. The molecule has 15 heavy (non-hydrogen) atoms. The predicted octanol–water partition coefficient (Wildman–Crippen LogP) is 0.818. The second-order valence-corrected chi connectivity index (χ2v) is 2.96. The van der Waals surface area contributed by atoms with Gasteiger partial charge in [-0.2, -0.15) is 0 Å². The van der Waals surface area contributed by atoms with E-state index < -0.39 is 24.3 Å². The van der Waals surface area contributed by atoms with Crippen LogP contribution in [0, 0.1) is 0 Å². The lowest BCUT2D eigenvalue weighted by Gasteiger charge is -2.12. The molecule has 0 saturated carbocycles. The number of rotatable bonds is 4. The van der Waals surface area contributed by atoms with E-state index in [0.29, 0.717) is 5.56 Å². The van der Waals surface area contributed by atoms with Gasteiger partial charge in [0.2, 0.25) is 5.91 Å². The molecule has 0 aromatic heterocycles. The third-order valence-corrected chi connectivity index (χ3v) is 1.65. The molecule has 1 rings (SSSR count). The average Bonchev–Trinajstić information content (AvgIpc) is 2.28. The van der Waals surface area contributed by atoms with Crippen molar-refractivity contribution in [1.29, 1.82) is 0 Å². The number of hydrogen-bond donors (Lipinski definition) is 2. The summed E-state index contributed by atoms with van der Waals surface area (Å²) < 4.78 is 15.5. The van der Waals surface area contributed by atoms with E-state index in [1.807, 2.05) is 5.32 Å². The monoisotopic (exact) mass is 209 g/mol. The molecule has 0 unspecified atom stereocenters. The second-order valence-electron chi connectivity index (χ2n) is 2.96. The SMILES string of the molecule is [2H][C@H](c1ccccc1)[C@@]([2H])(NC(C)=O)C(=O)O. The molecule has 0 heterocycles. The van der Waals surface area contributed by atoms with E-state index in [1.165, 1.54) is 0 Å². The minimum Gasteiger partial charge on any atom is -0.480 e. The highest BCUT2D eigenvalue weighted by Gasteiger charge is 2.18. The largest absolute Gasteiger partial charge is 0.480 e. The number of carbonyl (C=O) groups is 2. The van der Waals surface area contributed by atoms with Gasteiger partial charge in [0, 0.05) is 14.7 Å². The summed E-state index contributed by atoms with van der Waals surface area (Å²) in [5.74, 6) is -2.22. The van der Waals surface area contributed by atoms with Crippen LogP contribution in [0.2, 0.25) is 0 Å². The fourth-order valence-electron chi connectivity index (χ4n) is 1.06. The normalized spacial score (nSPS) is 17.9. The molecular formula is C11H13NO3. The topological polar surface area (TPSA) is 66.4 Å². The van der Waals surface area contributed by atoms with Crippen molar-refractivity contribution in [3.8, 4) is 0 Å². The molecule has 0 aliphatic carbocycles. The van der Waals surface area contributed by atoms with Gasteiger partial charge in [0.05, 0.1) is 1.37 Å². The Balaban J connectivity index is 3.07. The van der Waals surface area contributed by atoms with E-state index in [1.54, 1.807) is 30.3 Å². The van der Waals surface area contributed by atoms with Crippen LogP contribution in [0.5, 0.6) is 0 Å². The molecule has 4 heteroatoms. The quantitative estimate of drug-likeness (QED) is 0.771. The minimum absolute atomic E-state index is 0.360. The van der Waals surface area contributed by atoms with Crippen molar-refractivity contribution in [2.24, 2.45) is 0 Å². The highest BCUT2D eigenvalue weighted by Crippen LogP contribution is 2.03. The molecule has 2 atom stereocenters. The summed E-state index contributed by atoms with van der Waals surface area (Å²) in [5.41, 5.74) is 0.360. The molecule has 0 bridgehead atoms. The molecule has 80 valence electrons. The van der Waals surface area contributed by atoms with Crippen molar-refractivity contribution < 1.29 is 17.4 Å². The second kappa shape index (κ2) is 5.14. The zero-order valence-electron chi connectivity index (χ0n) is 10.2. The van der Waals surface area contributed by atoms with Crippen LogP contribution in [-0.4, -0.2) is 23.0 Å². The Morgan fingerprint density at radius 1 is 1.53 bits per heavy atom. The van der Waals surface area contributed by atoms with E-state index in [4.69, 9.17) is 7.85 Å². The smallest absolute Gasteiger partial charge is 0.326 e. The van der Waals surface area contributed by atoms with Gasteiger partial charge in [-0.1, -0.05) is 30.3 Å². The Morgan fingerprint density at radius 3 is 2.60 bits per heavy atom. The van der Waals surface area contributed by atoms with Crippen molar-refractivity contribution in [2.45, 2.75) is 19.3 Å². The van der Waals surface area contributed by atoms with Gasteiger partial charge in [-0.25, -0.2) is 4.79 Å². The van der Waals surface area contributed by atoms with Crippen LogP contribution in [-0.2, 0) is 16.0 Å². The number of carbonyl (C=O) groups excluding carboxylic acids is 1. The van der Waals surface area contributed by atoms with Gasteiger partial charge in [-0.15, -0.1) is 0 Å². The summed E-state index contributed by atoms with van der Waals surface area (Å²) in [4.78, 5) is 22.0. The van der Waals surface area contributed by atoms with Crippen LogP contribution in [0.1, 0.15) is 15.2 Å². The molecule has 0 aliphatic heterocycles. The van der Waals surface area contributed by atoms with E-state index in [-0.39, 0.29) is 0 Å². The van der Waals surface area contributed by atoms with Crippen LogP contribution in [0.15, 0.2) is 30.3 Å². The van der Waals surface area contributed by atoms with Gasteiger partial charge in [0.25, 0.3) is 0 Å². The Labute approximate surface area is 90.7 Å². The average molecular weight is 209 g/mol. The molecule has 0 spiro atoms. The molecule has 0 aliphatic rings. The van der Waals surface area contributed by atoms with Crippen molar-refractivity contribution in [3.05, 3.63) is 35.9 Å². The van der Waals surface area contributed by atoms with Crippen LogP contribution in [0.3, 0.4) is 0 Å². The maximum absolute atomic E-state index is 11.0. The minimum atomic E-state index is -2.38. The lowest BCUT2D eigenvalue weighted by Crippen LogP contribution is -2.41. The Hall–Kier alpha value is -1.84. The molecular weight excluding hydrogens is 194 g/mol. The van der Waals surface area contributed by atoms with Crippen LogP contribution in [0.25, 0.3) is 0 Å². The Morgan fingerprint density at radius 2 is 2.13 bits per heavy atom. The number of aliphatic carboxylic acids is 1. The third-order valence-electron chi connectivity index (χ3n) is 1.65.